The first kappa shape index (κ1) is 11.4. The van der Waals surface area contributed by atoms with Crippen LogP contribution in [0.3, 0.4) is 0 Å². The zero-order valence-electron chi connectivity index (χ0n) is 7.38. The first-order chi connectivity index (χ1) is 6.56. The van der Waals surface area contributed by atoms with Gasteiger partial charge < -0.3 is 9.84 Å². The Hall–Kier alpha value is -0.680. The highest BCUT2D eigenvalue weighted by molar-refractivity contribution is 9.10. The first-order valence-corrected chi connectivity index (χ1v) is 4.65. The van der Waals surface area contributed by atoms with E-state index in [9.17, 15) is 8.78 Å². The molecule has 0 heterocycles. The molecule has 2 nitrogen and oxygen atoms in total. The highest BCUT2D eigenvalue weighted by atomic mass is 79.9. The Bertz CT molecular complexity index is 318. The summed E-state index contributed by atoms with van der Waals surface area (Å²) in [6.07, 6.45) is -4.56. The van der Waals surface area contributed by atoms with Crippen LogP contribution >= 0.6 is 15.9 Å². The number of methoxy groups -OCH3 is 1. The summed E-state index contributed by atoms with van der Waals surface area (Å²) in [7, 11) is 1.43. The molecule has 0 amide bonds. The molecule has 0 aromatic heterocycles. The van der Waals surface area contributed by atoms with Gasteiger partial charge in [0, 0.05) is 0 Å². The zero-order valence-corrected chi connectivity index (χ0v) is 8.96. The molecule has 5 heteroatoms. The predicted molar refractivity (Wildman–Crippen MR) is 51.7 cm³/mol. The van der Waals surface area contributed by atoms with Crippen LogP contribution in [0.25, 0.3) is 0 Å². The molecule has 1 rings (SSSR count). The van der Waals surface area contributed by atoms with Crippen LogP contribution in [0.5, 0.6) is 5.75 Å². The summed E-state index contributed by atoms with van der Waals surface area (Å²) in [5, 5.41) is 9.09. The summed E-state index contributed by atoms with van der Waals surface area (Å²) in [4.78, 5) is 0. The number of halogens is 3. The van der Waals surface area contributed by atoms with Gasteiger partial charge in [0.2, 0.25) is 0 Å². The summed E-state index contributed by atoms with van der Waals surface area (Å²) in [6.45, 7) is 0. The summed E-state index contributed by atoms with van der Waals surface area (Å²) in [6, 6.07) is 4.35. The fourth-order valence-corrected chi connectivity index (χ4v) is 1.41. The summed E-state index contributed by atoms with van der Waals surface area (Å²) < 4.78 is 29.9. The molecule has 1 unspecified atom stereocenters. The lowest BCUT2D eigenvalue weighted by Crippen LogP contribution is -2.07. The lowest BCUT2D eigenvalue weighted by atomic mass is 10.1. The number of rotatable bonds is 3. The molecule has 0 radical (unpaired) electrons. The van der Waals surface area contributed by atoms with E-state index in [4.69, 9.17) is 9.84 Å². The van der Waals surface area contributed by atoms with Gasteiger partial charge in [-0.3, -0.25) is 0 Å². The molecule has 0 aliphatic carbocycles. The van der Waals surface area contributed by atoms with Crippen molar-refractivity contribution < 1.29 is 18.6 Å². The molecule has 0 saturated heterocycles. The number of aliphatic hydroxyl groups is 1. The maximum atomic E-state index is 12.1. The number of ether oxygens (including phenoxy) is 1. The Morgan fingerprint density at radius 3 is 2.57 bits per heavy atom. The topological polar surface area (TPSA) is 29.5 Å². The molecule has 0 saturated carbocycles. The van der Waals surface area contributed by atoms with E-state index in [1.807, 2.05) is 0 Å². The maximum Gasteiger partial charge on any atom is 0.268 e. The molecule has 0 bridgehead atoms. The fraction of sp³-hybridized carbons (Fsp3) is 0.333. The number of benzene rings is 1. The minimum Gasteiger partial charge on any atom is -0.496 e. The molecule has 1 N–H and O–H groups in total. The van der Waals surface area contributed by atoms with Crippen LogP contribution < -0.4 is 4.74 Å². The van der Waals surface area contributed by atoms with Crippen molar-refractivity contribution in [1.29, 1.82) is 0 Å². The Balaban J connectivity index is 3.00. The van der Waals surface area contributed by atoms with Gasteiger partial charge in [0.25, 0.3) is 6.43 Å². The van der Waals surface area contributed by atoms with Gasteiger partial charge in [-0.05, 0) is 33.6 Å². The van der Waals surface area contributed by atoms with Gasteiger partial charge in [-0.1, -0.05) is 6.07 Å². The van der Waals surface area contributed by atoms with Crippen molar-refractivity contribution in [2.24, 2.45) is 0 Å². The highest BCUT2D eigenvalue weighted by Crippen LogP contribution is 2.30. The first-order valence-electron chi connectivity index (χ1n) is 3.86. The minimum absolute atomic E-state index is 0.139. The van der Waals surface area contributed by atoms with Crippen molar-refractivity contribution in [2.75, 3.05) is 7.11 Å². The molecule has 0 spiro atoms. The second-order valence-electron chi connectivity index (χ2n) is 2.67. The van der Waals surface area contributed by atoms with Crippen molar-refractivity contribution >= 4 is 15.9 Å². The third kappa shape index (κ3) is 2.42. The molecule has 1 atom stereocenters. The molecule has 0 aliphatic rings. The molecule has 1 aromatic carbocycles. The second-order valence-corrected chi connectivity index (χ2v) is 3.53. The number of hydrogen-bond donors (Lipinski definition) is 1. The van der Waals surface area contributed by atoms with Crippen LogP contribution in [0.4, 0.5) is 8.78 Å². The van der Waals surface area contributed by atoms with Crippen LogP contribution in [0.15, 0.2) is 22.7 Å². The van der Waals surface area contributed by atoms with Crippen LogP contribution in [-0.4, -0.2) is 18.6 Å². The van der Waals surface area contributed by atoms with Gasteiger partial charge in [0.1, 0.15) is 11.9 Å². The minimum atomic E-state index is -2.79. The molecular weight excluding hydrogens is 258 g/mol. The third-order valence-electron chi connectivity index (χ3n) is 1.76. The largest absolute Gasteiger partial charge is 0.496 e. The molecular formula is C9H9BrF2O2. The monoisotopic (exact) mass is 266 g/mol. The maximum absolute atomic E-state index is 12.1. The van der Waals surface area contributed by atoms with Crippen molar-refractivity contribution in [3.63, 3.8) is 0 Å². The van der Waals surface area contributed by atoms with Gasteiger partial charge >= 0.3 is 0 Å². The second kappa shape index (κ2) is 4.70. The lowest BCUT2D eigenvalue weighted by Gasteiger charge is -2.11. The standard InChI is InChI=1S/C9H9BrF2O2/c1-14-7-4-5(2-3-6(7)10)8(13)9(11)12/h2-4,8-9,13H,1H3. The third-order valence-corrected chi connectivity index (χ3v) is 2.41. The van der Waals surface area contributed by atoms with E-state index < -0.39 is 12.5 Å². The van der Waals surface area contributed by atoms with Crippen LogP contribution in [0.2, 0.25) is 0 Å². The quantitative estimate of drug-likeness (QED) is 0.912. The van der Waals surface area contributed by atoms with Gasteiger partial charge in [0.15, 0.2) is 0 Å². The number of alkyl halides is 2. The Labute approximate surface area is 88.6 Å². The number of aliphatic hydroxyl groups excluding tert-OH is 1. The Morgan fingerprint density at radius 1 is 1.43 bits per heavy atom. The van der Waals surface area contributed by atoms with Gasteiger partial charge in [0.05, 0.1) is 11.6 Å². The Kier molecular flexibility index (Phi) is 3.83. The Morgan fingerprint density at radius 2 is 2.07 bits per heavy atom. The predicted octanol–water partition coefficient (Wildman–Crippen LogP) is 2.76. The zero-order chi connectivity index (χ0) is 10.7. The molecule has 14 heavy (non-hydrogen) atoms. The molecule has 0 aliphatic heterocycles. The van der Waals surface area contributed by atoms with Gasteiger partial charge in [-0.2, -0.15) is 0 Å². The highest BCUT2D eigenvalue weighted by Gasteiger charge is 2.19. The normalized spacial score (nSPS) is 13.0. The van der Waals surface area contributed by atoms with E-state index in [0.29, 0.717) is 10.2 Å². The molecule has 78 valence electrons. The van der Waals surface area contributed by atoms with E-state index in [1.54, 1.807) is 6.07 Å². The number of hydrogen-bond acceptors (Lipinski definition) is 2. The van der Waals surface area contributed by atoms with Gasteiger partial charge in [-0.25, -0.2) is 8.78 Å². The summed E-state index contributed by atoms with van der Waals surface area (Å²) >= 11 is 3.18. The lowest BCUT2D eigenvalue weighted by molar-refractivity contribution is -0.00587. The van der Waals surface area contributed by atoms with Crippen molar-refractivity contribution in [2.45, 2.75) is 12.5 Å². The fourth-order valence-electron chi connectivity index (χ4n) is 1.01. The molecule has 1 aromatic rings. The summed E-state index contributed by atoms with van der Waals surface area (Å²) in [5.41, 5.74) is 0.139. The van der Waals surface area contributed by atoms with E-state index in [-0.39, 0.29) is 5.56 Å². The smallest absolute Gasteiger partial charge is 0.268 e. The average Bonchev–Trinajstić information content (AvgIpc) is 2.17. The van der Waals surface area contributed by atoms with Gasteiger partial charge in [-0.15, -0.1) is 0 Å². The van der Waals surface area contributed by atoms with Crippen LogP contribution in [0, 0.1) is 0 Å². The van der Waals surface area contributed by atoms with Crippen molar-refractivity contribution in [3.8, 4) is 5.75 Å². The van der Waals surface area contributed by atoms with E-state index in [1.165, 1.54) is 19.2 Å². The average molecular weight is 267 g/mol. The van der Waals surface area contributed by atoms with Crippen molar-refractivity contribution in [1.82, 2.24) is 0 Å². The van der Waals surface area contributed by atoms with E-state index in [2.05, 4.69) is 15.9 Å². The molecule has 0 fully saturated rings. The van der Waals surface area contributed by atoms with Crippen molar-refractivity contribution in [3.05, 3.63) is 28.2 Å². The summed E-state index contributed by atoms with van der Waals surface area (Å²) in [5.74, 6) is 0.419. The van der Waals surface area contributed by atoms with Crippen LogP contribution in [0.1, 0.15) is 11.7 Å². The van der Waals surface area contributed by atoms with E-state index in [0.717, 1.165) is 0 Å². The van der Waals surface area contributed by atoms with Crippen LogP contribution in [-0.2, 0) is 0 Å². The van der Waals surface area contributed by atoms with E-state index >= 15 is 0 Å². The SMILES string of the molecule is COc1cc(C(O)C(F)F)ccc1Br.